The molecule has 0 bridgehead atoms. The Kier molecular flexibility index (Phi) is 16.0. The first-order valence-electron chi connectivity index (χ1n) is 14.2. The minimum Gasteiger partial charge on any atom is -1.00 e. The molecule has 3 rings (SSSR count). The standard InChI is InChI=1S/C32H44N2O2S.BrH/c1-3-4-5-6-7-8-9-10-11-12-13-14-24-36-31-21-17-29(18-22-31)32(35)33-30-19-15-28(16-20-30)26-34-23-25-37-27(34)2;/h15-23,25H,3-14,24,26H2,1-2H3;1H. The average molecular weight is 602 g/mol. The largest absolute Gasteiger partial charge is 1.00 e. The number of rotatable bonds is 18. The third-order valence-electron chi connectivity index (χ3n) is 6.83. The van der Waals surface area contributed by atoms with Gasteiger partial charge >= 0.3 is 0 Å². The highest BCUT2D eigenvalue weighted by Crippen LogP contribution is 2.17. The fraction of sp³-hybridized carbons (Fsp3) is 0.500. The maximum atomic E-state index is 12.6. The number of aromatic nitrogens is 1. The van der Waals surface area contributed by atoms with Crippen molar-refractivity contribution in [3.05, 3.63) is 76.2 Å². The van der Waals surface area contributed by atoms with E-state index >= 15 is 0 Å². The van der Waals surface area contributed by atoms with Crippen LogP contribution in [0.3, 0.4) is 0 Å². The van der Waals surface area contributed by atoms with E-state index in [-0.39, 0.29) is 22.9 Å². The maximum absolute atomic E-state index is 12.6. The van der Waals surface area contributed by atoms with Crippen LogP contribution in [0.25, 0.3) is 0 Å². The lowest BCUT2D eigenvalue weighted by atomic mass is 10.1. The summed E-state index contributed by atoms with van der Waals surface area (Å²) < 4.78 is 8.10. The summed E-state index contributed by atoms with van der Waals surface area (Å²) in [7, 11) is 0. The number of benzene rings is 2. The van der Waals surface area contributed by atoms with Crippen molar-refractivity contribution in [1.29, 1.82) is 0 Å². The summed E-state index contributed by atoms with van der Waals surface area (Å²) in [5.41, 5.74) is 2.64. The highest BCUT2D eigenvalue weighted by atomic mass is 79.9. The predicted molar refractivity (Wildman–Crippen MR) is 156 cm³/mol. The first kappa shape index (κ1) is 32.0. The van der Waals surface area contributed by atoms with Crippen LogP contribution in [0.2, 0.25) is 0 Å². The van der Waals surface area contributed by atoms with Crippen molar-refractivity contribution in [3.8, 4) is 5.75 Å². The number of amides is 1. The second-order valence-corrected chi connectivity index (χ2v) is 11.1. The van der Waals surface area contributed by atoms with Gasteiger partial charge in [0.25, 0.3) is 5.91 Å². The molecule has 0 unspecified atom stereocenters. The molecule has 0 aliphatic carbocycles. The van der Waals surface area contributed by atoms with Gasteiger partial charge in [-0.2, -0.15) is 4.57 Å². The van der Waals surface area contributed by atoms with Crippen LogP contribution in [0.5, 0.6) is 5.75 Å². The van der Waals surface area contributed by atoms with E-state index in [1.807, 2.05) is 36.4 Å². The lowest BCUT2D eigenvalue weighted by molar-refractivity contribution is -0.689. The Bertz CT molecular complexity index is 1030. The summed E-state index contributed by atoms with van der Waals surface area (Å²) in [6.07, 6.45) is 18.2. The van der Waals surface area contributed by atoms with Gasteiger partial charge in [-0.1, -0.05) is 101 Å². The molecule has 6 heteroatoms. The van der Waals surface area contributed by atoms with E-state index in [1.165, 1.54) is 81.2 Å². The van der Waals surface area contributed by atoms with Crippen molar-refractivity contribution in [3.63, 3.8) is 0 Å². The van der Waals surface area contributed by atoms with E-state index in [4.69, 9.17) is 4.74 Å². The number of carbonyl (C=O) groups excluding carboxylic acids is 1. The molecule has 208 valence electrons. The smallest absolute Gasteiger partial charge is 0.255 e. The lowest BCUT2D eigenvalue weighted by Gasteiger charge is -2.09. The van der Waals surface area contributed by atoms with E-state index in [0.29, 0.717) is 5.56 Å². The zero-order valence-electron chi connectivity index (χ0n) is 23.2. The number of halogens is 1. The highest BCUT2D eigenvalue weighted by molar-refractivity contribution is 7.09. The number of carbonyl (C=O) groups is 1. The Balaban J connectivity index is 0.00000507. The minimum atomic E-state index is -0.108. The Morgan fingerprint density at radius 2 is 1.39 bits per heavy atom. The molecular weight excluding hydrogens is 556 g/mol. The molecular formula is C32H45BrN2O2S. The van der Waals surface area contributed by atoms with Crippen molar-refractivity contribution in [2.24, 2.45) is 0 Å². The molecule has 0 aliphatic rings. The van der Waals surface area contributed by atoms with Gasteiger partial charge in [0.15, 0.2) is 12.7 Å². The molecule has 1 heterocycles. The third-order valence-corrected chi connectivity index (χ3v) is 7.67. The van der Waals surface area contributed by atoms with Crippen molar-refractivity contribution in [2.45, 2.75) is 97.4 Å². The van der Waals surface area contributed by atoms with E-state index in [9.17, 15) is 4.79 Å². The molecule has 1 aromatic heterocycles. The fourth-order valence-electron chi connectivity index (χ4n) is 4.47. The fourth-order valence-corrected chi connectivity index (χ4v) is 5.13. The molecule has 0 aliphatic heterocycles. The minimum absolute atomic E-state index is 0. The molecule has 1 N–H and O–H groups in total. The molecule has 4 nitrogen and oxygen atoms in total. The molecule has 0 radical (unpaired) electrons. The van der Waals surface area contributed by atoms with Gasteiger partial charge in [0.2, 0.25) is 5.01 Å². The number of hydrogen-bond acceptors (Lipinski definition) is 3. The topological polar surface area (TPSA) is 42.2 Å². The Morgan fingerprint density at radius 3 is 1.95 bits per heavy atom. The number of nitrogens with zero attached hydrogens (tertiary/aromatic N) is 1. The van der Waals surface area contributed by atoms with Gasteiger partial charge in [-0.25, -0.2) is 0 Å². The number of nitrogens with one attached hydrogen (secondary N) is 1. The van der Waals surface area contributed by atoms with Crippen molar-refractivity contribution in [1.82, 2.24) is 0 Å². The monoisotopic (exact) mass is 600 g/mol. The summed E-state index contributed by atoms with van der Waals surface area (Å²) in [6.45, 7) is 5.97. The highest BCUT2D eigenvalue weighted by Gasteiger charge is 2.10. The molecule has 38 heavy (non-hydrogen) atoms. The molecule has 2 aromatic carbocycles. The molecule has 0 spiro atoms. The number of anilines is 1. The average Bonchev–Trinajstić information content (AvgIpc) is 3.32. The third kappa shape index (κ3) is 12.1. The van der Waals surface area contributed by atoms with Gasteiger partial charge in [-0.15, -0.1) is 0 Å². The van der Waals surface area contributed by atoms with Gasteiger partial charge in [0.1, 0.15) is 5.75 Å². The summed E-state index contributed by atoms with van der Waals surface area (Å²) in [5, 5.41) is 6.36. The van der Waals surface area contributed by atoms with E-state index < -0.39 is 0 Å². The Labute approximate surface area is 244 Å². The zero-order valence-corrected chi connectivity index (χ0v) is 25.6. The molecule has 3 aromatic rings. The van der Waals surface area contributed by atoms with Crippen LogP contribution in [0.15, 0.2) is 60.1 Å². The predicted octanol–water partition coefficient (Wildman–Crippen LogP) is 5.73. The molecule has 0 atom stereocenters. The van der Waals surface area contributed by atoms with Crippen molar-refractivity contribution in [2.75, 3.05) is 11.9 Å². The van der Waals surface area contributed by atoms with E-state index in [2.05, 4.69) is 47.4 Å². The SMILES string of the molecule is CCCCCCCCCCCCCCOc1ccc(C(=O)Nc2ccc(C[n+]3ccsc3C)cc2)cc1.[Br-]. The van der Waals surface area contributed by atoms with Crippen LogP contribution in [0, 0.1) is 6.92 Å². The summed E-state index contributed by atoms with van der Waals surface area (Å²) in [4.78, 5) is 12.6. The quantitative estimate of drug-likeness (QED) is 0.150. The second-order valence-electron chi connectivity index (χ2n) is 9.96. The van der Waals surface area contributed by atoms with Crippen LogP contribution in [-0.2, 0) is 6.54 Å². The number of aryl methyl sites for hydroxylation is 1. The van der Waals surface area contributed by atoms with E-state index in [1.54, 1.807) is 11.3 Å². The van der Waals surface area contributed by atoms with Crippen LogP contribution < -0.4 is 31.6 Å². The van der Waals surface area contributed by atoms with Crippen LogP contribution >= 0.6 is 11.3 Å². The zero-order chi connectivity index (χ0) is 26.1. The summed E-state index contributed by atoms with van der Waals surface area (Å²) in [5.74, 6) is 0.716. The molecule has 0 saturated heterocycles. The lowest BCUT2D eigenvalue weighted by Crippen LogP contribution is -3.00. The Hall–Kier alpha value is -2.18. The van der Waals surface area contributed by atoms with Crippen LogP contribution in [0.1, 0.15) is 105 Å². The molecule has 0 saturated carbocycles. The summed E-state index contributed by atoms with van der Waals surface area (Å²) >= 11 is 1.74. The second kappa shape index (κ2) is 19.0. The number of thiazole rings is 1. The molecule has 0 fully saturated rings. The van der Waals surface area contributed by atoms with Crippen LogP contribution in [-0.4, -0.2) is 12.5 Å². The maximum Gasteiger partial charge on any atom is 0.255 e. The van der Waals surface area contributed by atoms with Gasteiger partial charge in [-0.05, 0) is 42.8 Å². The van der Waals surface area contributed by atoms with Gasteiger partial charge < -0.3 is 27.0 Å². The summed E-state index contributed by atoms with van der Waals surface area (Å²) in [6, 6.07) is 15.5. The normalized spacial score (nSPS) is 10.7. The van der Waals surface area contributed by atoms with Gasteiger partial charge in [-0.3, -0.25) is 4.79 Å². The Morgan fingerprint density at radius 1 is 0.816 bits per heavy atom. The first-order valence-corrected chi connectivity index (χ1v) is 15.1. The first-order chi connectivity index (χ1) is 18.2. The van der Waals surface area contributed by atoms with E-state index in [0.717, 1.165) is 31.0 Å². The molecule has 1 amide bonds. The van der Waals surface area contributed by atoms with Gasteiger partial charge in [0.05, 0.1) is 12.0 Å². The van der Waals surface area contributed by atoms with Crippen molar-refractivity contribution < 1.29 is 31.1 Å². The number of ether oxygens (including phenoxy) is 1. The van der Waals surface area contributed by atoms with Crippen molar-refractivity contribution >= 4 is 22.9 Å². The number of hydrogen-bond donors (Lipinski definition) is 1. The van der Waals surface area contributed by atoms with Crippen LogP contribution in [0.4, 0.5) is 5.69 Å². The number of unbranched alkanes of at least 4 members (excludes halogenated alkanes) is 11. The van der Waals surface area contributed by atoms with Gasteiger partial charge in [0, 0.05) is 23.7 Å².